The Bertz CT molecular complexity index is 175. The van der Waals surface area contributed by atoms with Crippen LogP contribution in [-0.4, -0.2) is 9.97 Å². The first-order valence-corrected chi connectivity index (χ1v) is 2.53. The molecule has 3 N–H and O–H groups in total. The van der Waals surface area contributed by atoms with E-state index < -0.39 is 0 Å². The molecule has 0 spiro atoms. The quantitative estimate of drug-likeness (QED) is 0.684. The Balaban J connectivity index is 0. The van der Waals surface area contributed by atoms with Crippen LogP contribution in [-0.2, 0) is 6.54 Å². The normalized spacial score (nSPS) is 7.80. The van der Waals surface area contributed by atoms with Gasteiger partial charge in [-0.15, -0.1) is 24.8 Å². The summed E-state index contributed by atoms with van der Waals surface area (Å²) in [6.45, 7) is 2.44. The molecule has 10 heavy (non-hydrogen) atoms. The minimum Gasteiger partial charge on any atom is -0.345 e. The predicted octanol–water partition coefficient (Wildman–Crippen LogP) is 1.02. The third kappa shape index (κ3) is 3.06. The van der Waals surface area contributed by atoms with Gasteiger partial charge in [-0.2, -0.15) is 0 Å². The molecular weight excluding hydrogens is 173 g/mol. The Morgan fingerprint density at radius 2 is 2.20 bits per heavy atom. The van der Waals surface area contributed by atoms with Crippen molar-refractivity contribution in [1.82, 2.24) is 9.97 Å². The van der Waals surface area contributed by atoms with Crippen molar-refractivity contribution in [1.29, 1.82) is 0 Å². The second kappa shape index (κ2) is 5.53. The lowest BCUT2D eigenvalue weighted by Crippen LogP contribution is -1.95. The Morgan fingerprint density at radius 1 is 1.60 bits per heavy atom. The van der Waals surface area contributed by atoms with E-state index in [0.717, 1.165) is 11.5 Å². The summed E-state index contributed by atoms with van der Waals surface area (Å²) < 4.78 is 0. The van der Waals surface area contributed by atoms with E-state index in [9.17, 15) is 0 Å². The first kappa shape index (κ1) is 12.4. The zero-order valence-electron chi connectivity index (χ0n) is 5.63. The van der Waals surface area contributed by atoms with Crippen molar-refractivity contribution in [3.05, 3.63) is 17.7 Å². The smallest absolute Gasteiger partial charge is 0.103 e. The van der Waals surface area contributed by atoms with Gasteiger partial charge in [0.25, 0.3) is 0 Å². The molecular formula is C5H11Cl2N3. The summed E-state index contributed by atoms with van der Waals surface area (Å²) in [7, 11) is 0. The van der Waals surface area contributed by atoms with Gasteiger partial charge in [-0.25, -0.2) is 4.98 Å². The lowest BCUT2D eigenvalue weighted by molar-refractivity contribution is 0.997. The molecule has 0 saturated carbocycles. The topological polar surface area (TPSA) is 54.7 Å². The van der Waals surface area contributed by atoms with Crippen molar-refractivity contribution in [2.45, 2.75) is 13.5 Å². The third-order valence-corrected chi connectivity index (χ3v) is 0.975. The molecule has 0 saturated heterocycles. The summed E-state index contributed by atoms with van der Waals surface area (Å²) in [5.41, 5.74) is 6.28. The lowest BCUT2D eigenvalue weighted by atomic mass is 10.5. The number of nitrogens with zero attached hydrogens (tertiary/aromatic N) is 1. The van der Waals surface area contributed by atoms with Crippen LogP contribution >= 0.6 is 24.8 Å². The second-order valence-electron chi connectivity index (χ2n) is 1.70. The van der Waals surface area contributed by atoms with E-state index in [4.69, 9.17) is 5.73 Å². The molecule has 1 heterocycles. The molecule has 3 nitrogen and oxygen atoms in total. The van der Waals surface area contributed by atoms with Gasteiger partial charge in [-0.1, -0.05) is 0 Å². The fourth-order valence-corrected chi connectivity index (χ4v) is 0.575. The maximum absolute atomic E-state index is 5.29. The Kier molecular flexibility index (Phi) is 6.87. The van der Waals surface area contributed by atoms with E-state index in [1.54, 1.807) is 6.20 Å². The molecule has 0 atom stereocenters. The van der Waals surface area contributed by atoms with E-state index in [0.29, 0.717) is 6.54 Å². The first-order valence-electron chi connectivity index (χ1n) is 2.53. The maximum atomic E-state index is 5.29. The van der Waals surface area contributed by atoms with Gasteiger partial charge >= 0.3 is 0 Å². The highest BCUT2D eigenvalue weighted by Gasteiger charge is 1.89. The second-order valence-corrected chi connectivity index (χ2v) is 1.70. The van der Waals surface area contributed by atoms with Crippen molar-refractivity contribution in [3.8, 4) is 0 Å². The molecule has 0 aliphatic carbocycles. The van der Waals surface area contributed by atoms with Crippen molar-refractivity contribution in [2.24, 2.45) is 5.73 Å². The van der Waals surface area contributed by atoms with E-state index in [-0.39, 0.29) is 24.8 Å². The standard InChI is InChI=1S/C5H9N3.2ClH/c1-4-7-3-5(2-6)8-4;;/h3H,2,6H2,1H3,(H,7,8);2*1H. The largest absolute Gasteiger partial charge is 0.345 e. The predicted molar refractivity (Wildman–Crippen MR) is 45.7 cm³/mol. The molecule has 0 unspecified atom stereocenters. The van der Waals surface area contributed by atoms with Crippen LogP contribution in [0.5, 0.6) is 0 Å². The summed E-state index contributed by atoms with van der Waals surface area (Å²) in [5, 5.41) is 0. The SMILES string of the molecule is Cc1ncc(CN)[nH]1.Cl.Cl. The molecule has 0 radical (unpaired) electrons. The average molecular weight is 184 g/mol. The van der Waals surface area contributed by atoms with Crippen molar-refractivity contribution in [3.63, 3.8) is 0 Å². The van der Waals surface area contributed by atoms with E-state index >= 15 is 0 Å². The zero-order chi connectivity index (χ0) is 5.98. The molecule has 0 bridgehead atoms. The molecule has 0 fully saturated rings. The number of hydrogen-bond donors (Lipinski definition) is 2. The minimum absolute atomic E-state index is 0. The fraction of sp³-hybridized carbons (Fsp3) is 0.400. The number of hydrogen-bond acceptors (Lipinski definition) is 2. The summed E-state index contributed by atoms with van der Waals surface area (Å²) in [6, 6.07) is 0. The molecule has 0 aromatic carbocycles. The number of aryl methyl sites for hydroxylation is 1. The number of nitrogens with one attached hydrogen (secondary N) is 1. The van der Waals surface area contributed by atoms with Gasteiger partial charge in [-0.05, 0) is 6.92 Å². The minimum atomic E-state index is 0. The van der Waals surface area contributed by atoms with Crippen LogP contribution in [0, 0.1) is 6.92 Å². The highest BCUT2D eigenvalue weighted by molar-refractivity contribution is 5.85. The van der Waals surface area contributed by atoms with Gasteiger partial charge in [0.1, 0.15) is 5.82 Å². The van der Waals surface area contributed by atoms with Crippen molar-refractivity contribution < 1.29 is 0 Å². The molecule has 1 aromatic rings. The number of nitrogens with two attached hydrogens (primary N) is 1. The summed E-state index contributed by atoms with van der Waals surface area (Å²) >= 11 is 0. The Hall–Kier alpha value is -0.250. The van der Waals surface area contributed by atoms with E-state index in [1.807, 2.05) is 6.92 Å². The number of H-pyrrole nitrogens is 1. The summed E-state index contributed by atoms with van der Waals surface area (Å²) in [4.78, 5) is 6.94. The Morgan fingerprint density at radius 3 is 2.40 bits per heavy atom. The van der Waals surface area contributed by atoms with Gasteiger partial charge in [0.05, 0.1) is 0 Å². The van der Waals surface area contributed by atoms with Gasteiger partial charge < -0.3 is 10.7 Å². The highest BCUT2D eigenvalue weighted by Crippen LogP contribution is 1.91. The van der Waals surface area contributed by atoms with Crippen LogP contribution in [0.15, 0.2) is 6.20 Å². The average Bonchev–Trinajstić information content (AvgIpc) is 2.14. The number of imidazole rings is 1. The highest BCUT2D eigenvalue weighted by atomic mass is 35.5. The molecule has 0 amide bonds. The third-order valence-electron chi connectivity index (χ3n) is 0.975. The van der Waals surface area contributed by atoms with Gasteiger partial charge in [0, 0.05) is 18.4 Å². The first-order chi connectivity index (χ1) is 3.83. The van der Waals surface area contributed by atoms with Crippen LogP contribution in [0.4, 0.5) is 0 Å². The van der Waals surface area contributed by atoms with Crippen molar-refractivity contribution in [2.75, 3.05) is 0 Å². The molecule has 5 heteroatoms. The van der Waals surface area contributed by atoms with Crippen LogP contribution in [0.1, 0.15) is 11.5 Å². The molecule has 1 rings (SSSR count). The van der Waals surface area contributed by atoms with Gasteiger partial charge in [0.2, 0.25) is 0 Å². The fourth-order valence-electron chi connectivity index (χ4n) is 0.575. The Labute approximate surface area is 72.2 Å². The maximum Gasteiger partial charge on any atom is 0.103 e. The number of aromatic amines is 1. The molecule has 1 aromatic heterocycles. The molecule has 0 aliphatic rings. The number of rotatable bonds is 1. The van der Waals surface area contributed by atoms with Crippen LogP contribution in [0.3, 0.4) is 0 Å². The van der Waals surface area contributed by atoms with Crippen LogP contribution in [0.2, 0.25) is 0 Å². The summed E-state index contributed by atoms with van der Waals surface area (Å²) in [5.74, 6) is 0.922. The monoisotopic (exact) mass is 183 g/mol. The lowest BCUT2D eigenvalue weighted by Gasteiger charge is -1.82. The molecule has 0 aliphatic heterocycles. The number of halogens is 2. The molecule has 60 valence electrons. The van der Waals surface area contributed by atoms with Crippen LogP contribution < -0.4 is 5.73 Å². The van der Waals surface area contributed by atoms with E-state index in [2.05, 4.69) is 9.97 Å². The van der Waals surface area contributed by atoms with Crippen LogP contribution in [0.25, 0.3) is 0 Å². The summed E-state index contributed by atoms with van der Waals surface area (Å²) in [6.07, 6.45) is 1.75. The van der Waals surface area contributed by atoms with E-state index in [1.165, 1.54) is 0 Å². The van der Waals surface area contributed by atoms with Crippen molar-refractivity contribution >= 4 is 24.8 Å². The number of aromatic nitrogens is 2. The van der Waals surface area contributed by atoms with Gasteiger partial charge in [0.15, 0.2) is 0 Å². The van der Waals surface area contributed by atoms with Gasteiger partial charge in [-0.3, -0.25) is 0 Å². The zero-order valence-corrected chi connectivity index (χ0v) is 7.26.